The molecule has 0 atom stereocenters. The smallest absolute Gasteiger partial charge is 0.119 e. The second-order valence-corrected chi connectivity index (χ2v) is 2.68. The number of unbranched alkanes of at least 4 members (excludes halogenated alkanes) is 1. The summed E-state index contributed by atoms with van der Waals surface area (Å²) in [4.78, 5) is 0. The summed E-state index contributed by atoms with van der Waals surface area (Å²) in [6.07, 6.45) is 3.40. The van der Waals surface area contributed by atoms with Crippen LogP contribution in [0.4, 0.5) is 0 Å². The third-order valence-corrected chi connectivity index (χ3v) is 1.73. The summed E-state index contributed by atoms with van der Waals surface area (Å²) >= 11 is 0. The first-order valence-corrected chi connectivity index (χ1v) is 4.21. The second-order valence-electron chi connectivity index (χ2n) is 2.68. The van der Waals surface area contributed by atoms with Crippen molar-refractivity contribution in [2.45, 2.75) is 12.8 Å². The molecular weight excluding hydrogens is 162 g/mol. The topological polar surface area (TPSA) is 33.0 Å². The summed E-state index contributed by atoms with van der Waals surface area (Å²) in [5.74, 6) is 0.853. The van der Waals surface area contributed by atoms with Crippen LogP contribution in [0.3, 0.4) is 0 Å². The highest BCUT2D eigenvalue weighted by atomic mass is 16.5. The van der Waals surface area contributed by atoms with Crippen molar-refractivity contribution in [2.75, 3.05) is 7.11 Å². The number of rotatable bonds is 4. The van der Waals surface area contributed by atoms with Crippen LogP contribution < -0.4 is 4.74 Å². The molecule has 0 unspecified atom stereocenters. The highest BCUT2D eigenvalue weighted by Gasteiger charge is 1.95. The quantitative estimate of drug-likeness (QED) is 0.657. The zero-order valence-corrected chi connectivity index (χ0v) is 7.66. The highest BCUT2D eigenvalue weighted by Crippen LogP contribution is 2.15. The molecule has 1 rings (SSSR count). The van der Waals surface area contributed by atoms with Gasteiger partial charge in [0.05, 0.1) is 13.2 Å². The van der Waals surface area contributed by atoms with Gasteiger partial charge in [-0.05, 0) is 30.5 Å². The van der Waals surface area contributed by atoms with Crippen LogP contribution in [0.2, 0.25) is 0 Å². The lowest BCUT2D eigenvalue weighted by atomic mass is 10.1. The van der Waals surface area contributed by atoms with E-state index in [2.05, 4.69) is 6.07 Å². The molecule has 13 heavy (non-hydrogen) atoms. The van der Waals surface area contributed by atoms with Crippen molar-refractivity contribution in [3.8, 4) is 11.8 Å². The molecule has 0 aliphatic carbocycles. The molecule has 0 aliphatic heterocycles. The minimum atomic E-state index is 0.567. The Morgan fingerprint density at radius 3 is 3.08 bits per heavy atom. The molecule has 0 saturated carbocycles. The molecule has 1 radical (unpaired) electrons. The summed E-state index contributed by atoms with van der Waals surface area (Å²) in [6, 6.07) is 9.91. The first-order valence-electron chi connectivity index (χ1n) is 4.21. The molecule has 67 valence electrons. The Balaban J connectivity index is 2.52. The Hall–Kier alpha value is -1.49. The lowest BCUT2D eigenvalue weighted by molar-refractivity contribution is 0.414. The third-order valence-electron chi connectivity index (χ3n) is 1.73. The molecule has 0 heterocycles. The van der Waals surface area contributed by atoms with Gasteiger partial charge in [0.2, 0.25) is 0 Å². The molecule has 2 heteroatoms. The predicted octanol–water partition coefficient (Wildman–Crippen LogP) is 2.55. The normalized spacial score (nSPS) is 9.23. The average Bonchev–Trinajstić information content (AvgIpc) is 2.19. The summed E-state index contributed by atoms with van der Waals surface area (Å²) in [5.41, 5.74) is 1.11. The van der Waals surface area contributed by atoms with Crippen LogP contribution >= 0.6 is 0 Å². The van der Waals surface area contributed by atoms with Crippen molar-refractivity contribution in [2.24, 2.45) is 0 Å². The van der Waals surface area contributed by atoms with Gasteiger partial charge in [-0.15, -0.1) is 0 Å². The number of nitrogens with zero attached hydrogens (tertiary/aromatic N) is 1. The summed E-state index contributed by atoms with van der Waals surface area (Å²) in [5, 5.41) is 8.35. The fourth-order valence-electron chi connectivity index (χ4n) is 1.07. The minimum absolute atomic E-state index is 0.567. The molecule has 0 aliphatic rings. The molecule has 0 bridgehead atoms. The van der Waals surface area contributed by atoms with Gasteiger partial charge in [0.25, 0.3) is 0 Å². The minimum Gasteiger partial charge on any atom is -0.497 e. The van der Waals surface area contributed by atoms with Crippen LogP contribution in [0.1, 0.15) is 18.4 Å². The number of benzene rings is 1. The van der Waals surface area contributed by atoms with Gasteiger partial charge in [-0.25, -0.2) is 0 Å². The standard InChI is InChI=1S/C11H12NO/c1-13-11-7-4-6-10(9-11)5-2-3-8-12/h4-7,9H,2-3H2,1H3. The van der Waals surface area contributed by atoms with Crippen LogP contribution in [0.25, 0.3) is 0 Å². The summed E-state index contributed by atoms with van der Waals surface area (Å²) < 4.78 is 5.08. The largest absolute Gasteiger partial charge is 0.497 e. The van der Waals surface area contributed by atoms with Gasteiger partial charge in [0.1, 0.15) is 5.75 Å². The maximum Gasteiger partial charge on any atom is 0.119 e. The summed E-state index contributed by atoms with van der Waals surface area (Å²) in [7, 11) is 1.65. The van der Waals surface area contributed by atoms with Crippen molar-refractivity contribution in [1.82, 2.24) is 0 Å². The van der Waals surface area contributed by atoms with Gasteiger partial charge < -0.3 is 4.74 Å². The van der Waals surface area contributed by atoms with Gasteiger partial charge in [-0.2, -0.15) is 5.26 Å². The van der Waals surface area contributed by atoms with Crippen molar-refractivity contribution in [3.63, 3.8) is 0 Å². The van der Waals surface area contributed by atoms with E-state index < -0.39 is 0 Å². The second kappa shape index (κ2) is 5.21. The molecule has 1 aromatic carbocycles. The van der Waals surface area contributed by atoms with E-state index in [1.165, 1.54) is 0 Å². The lowest BCUT2D eigenvalue weighted by Gasteiger charge is -2.02. The van der Waals surface area contributed by atoms with Crippen molar-refractivity contribution in [3.05, 3.63) is 36.2 Å². The third kappa shape index (κ3) is 3.16. The summed E-state index contributed by atoms with van der Waals surface area (Å²) in [6.45, 7) is 0. The van der Waals surface area contributed by atoms with E-state index in [0.29, 0.717) is 6.42 Å². The van der Waals surface area contributed by atoms with Crippen molar-refractivity contribution < 1.29 is 4.74 Å². The fourth-order valence-corrected chi connectivity index (χ4v) is 1.07. The number of hydrogen-bond acceptors (Lipinski definition) is 2. The molecular formula is C11H12NO. The molecule has 0 saturated heterocycles. The monoisotopic (exact) mass is 174 g/mol. The maximum absolute atomic E-state index is 8.35. The van der Waals surface area contributed by atoms with Crippen LogP contribution in [0.15, 0.2) is 24.3 Å². The lowest BCUT2D eigenvalue weighted by Crippen LogP contribution is -1.85. The molecule has 0 N–H and O–H groups in total. The number of methoxy groups -OCH3 is 1. The zero-order chi connectivity index (χ0) is 9.52. The van der Waals surface area contributed by atoms with Gasteiger partial charge in [0, 0.05) is 6.42 Å². The maximum atomic E-state index is 8.35. The molecule has 0 amide bonds. The first kappa shape index (κ1) is 9.60. The first-order chi connectivity index (χ1) is 6.36. The molecule has 0 fully saturated rings. The predicted molar refractivity (Wildman–Crippen MR) is 51.2 cm³/mol. The number of nitriles is 1. The zero-order valence-electron chi connectivity index (χ0n) is 7.66. The van der Waals surface area contributed by atoms with E-state index in [-0.39, 0.29) is 0 Å². The highest BCUT2D eigenvalue weighted by molar-refractivity contribution is 5.32. The number of hydrogen-bond donors (Lipinski definition) is 0. The Morgan fingerprint density at radius 1 is 1.54 bits per heavy atom. The Bertz CT molecular complexity index is 301. The van der Waals surface area contributed by atoms with Crippen LogP contribution in [-0.4, -0.2) is 7.11 Å². The molecule has 2 nitrogen and oxygen atoms in total. The molecule has 0 aromatic heterocycles. The van der Waals surface area contributed by atoms with E-state index >= 15 is 0 Å². The Kier molecular flexibility index (Phi) is 3.84. The average molecular weight is 174 g/mol. The van der Waals surface area contributed by atoms with Crippen molar-refractivity contribution >= 4 is 0 Å². The van der Waals surface area contributed by atoms with E-state index in [9.17, 15) is 0 Å². The van der Waals surface area contributed by atoms with Gasteiger partial charge in [-0.1, -0.05) is 12.1 Å². The SMILES string of the molecule is COc1cccc([CH]CCC#N)c1. The Morgan fingerprint density at radius 2 is 2.38 bits per heavy atom. The Labute approximate surface area is 78.8 Å². The molecule has 1 aromatic rings. The van der Waals surface area contributed by atoms with Crippen LogP contribution in [-0.2, 0) is 0 Å². The van der Waals surface area contributed by atoms with Crippen molar-refractivity contribution in [1.29, 1.82) is 5.26 Å². The van der Waals surface area contributed by atoms with Gasteiger partial charge >= 0.3 is 0 Å². The molecule has 0 spiro atoms. The van der Waals surface area contributed by atoms with Gasteiger partial charge in [0.15, 0.2) is 0 Å². The van der Waals surface area contributed by atoms with E-state index in [4.69, 9.17) is 10.00 Å². The van der Waals surface area contributed by atoms with Crippen LogP contribution in [0, 0.1) is 17.8 Å². The van der Waals surface area contributed by atoms with E-state index in [1.54, 1.807) is 7.11 Å². The van der Waals surface area contributed by atoms with E-state index in [0.717, 1.165) is 17.7 Å². The fraction of sp³-hybridized carbons (Fsp3) is 0.273. The number of ether oxygens (including phenoxy) is 1. The van der Waals surface area contributed by atoms with Crippen LogP contribution in [0.5, 0.6) is 5.75 Å². The van der Waals surface area contributed by atoms with E-state index in [1.807, 2.05) is 30.7 Å². The van der Waals surface area contributed by atoms with Gasteiger partial charge in [-0.3, -0.25) is 0 Å².